The molecule has 4 nitrogen and oxygen atoms in total. The zero-order valence-corrected chi connectivity index (χ0v) is 14.4. The second-order valence-corrected chi connectivity index (χ2v) is 6.13. The van der Waals surface area contributed by atoms with Crippen molar-refractivity contribution in [1.82, 2.24) is 5.32 Å². The van der Waals surface area contributed by atoms with Gasteiger partial charge in [0.15, 0.2) is 0 Å². The van der Waals surface area contributed by atoms with Gasteiger partial charge < -0.3 is 16.2 Å². The third-order valence-electron chi connectivity index (χ3n) is 4.46. The summed E-state index contributed by atoms with van der Waals surface area (Å²) in [6.45, 7) is -0.416. The summed E-state index contributed by atoms with van der Waals surface area (Å²) in [6, 6.07) is 28.3. The molecule has 4 N–H and O–H groups in total. The summed E-state index contributed by atoms with van der Waals surface area (Å²) in [5.74, 6) is -0.413. The number of aliphatic hydroxyl groups excluding tert-OH is 1. The van der Waals surface area contributed by atoms with E-state index in [4.69, 9.17) is 5.73 Å². The fourth-order valence-corrected chi connectivity index (χ4v) is 3.14. The molecule has 0 aromatic heterocycles. The zero-order valence-electron chi connectivity index (χ0n) is 14.4. The van der Waals surface area contributed by atoms with Crippen LogP contribution in [0.3, 0.4) is 0 Å². The quantitative estimate of drug-likeness (QED) is 0.600. The molecule has 0 saturated carbocycles. The highest BCUT2D eigenvalue weighted by Gasteiger charge is 2.38. The third kappa shape index (κ3) is 3.38. The van der Waals surface area contributed by atoms with Gasteiger partial charge in [-0.1, -0.05) is 91.0 Å². The van der Waals surface area contributed by atoms with E-state index in [2.05, 4.69) is 5.32 Å². The molecule has 132 valence electrons. The molecule has 4 heteroatoms. The Labute approximate surface area is 153 Å². The highest BCUT2D eigenvalue weighted by molar-refractivity contribution is 5.84. The van der Waals surface area contributed by atoms with E-state index in [1.54, 1.807) is 0 Å². The van der Waals surface area contributed by atoms with Gasteiger partial charge in [0, 0.05) is 0 Å². The van der Waals surface area contributed by atoms with Gasteiger partial charge in [0.05, 0.1) is 6.61 Å². The molecule has 0 unspecified atom stereocenters. The maximum absolute atomic E-state index is 12.7. The SMILES string of the molecule is N[C@H](CO)C(=O)NC(c1ccccc1)(c1ccccc1)c1ccccc1. The minimum atomic E-state index is -0.995. The van der Waals surface area contributed by atoms with E-state index in [9.17, 15) is 9.90 Å². The van der Waals surface area contributed by atoms with E-state index in [-0.39, 0.29) is 0 Å². The van der Waals surface area contributed by atoms with Gasteiger partial charge in [0.25, 0.3) is 0 Å². The maximum Gasteiger partial charge on any atom is 0.240 e. The monoisotopic (exact) mass is 346 g/mol. The lowest BCUT2D eigenvalue weighted by molar-refractivity contribution is -0.124. The molecule has 0 heterocycles. The molecule has 0 saturated heterocycles. The van der Waals surface area contributed by atoms with Crippen LogP contribution in [-0.2, 0) is 10.3 Å². The summed E-state index contributed by atoms with van der Waals surface area (Å²) in [6.07, 6.45) is 0. The molecule has 1 atom stereocenters. The van der Waals surface area contributed by atoms with Crippen LogP contribution in [0.4, 0.5) is 0 Å². The first-order valence-corrected chi connectivity index (χ1v) is 8.53. The molecule has 3 rings (SSSR count). The number of nitrogens with two attached hydrogens (primary N) is 1. The van der Waals surface area contributed by atoms with Crippen LogP contribution in [0.25, 0.3) is 0 Å². The molecule has 3 aromatic rings. The van der Waals surface area contributed by atoms with Crippen LogP contribution in [0.1, 0.15) is 16.7 Å². The average molecular weight is 346 g/mol. The second-order valence-electron chi connectivity index (χ2n) is 6.13. The van der Waals surface area contributed by atoms with E-state index in [1.165, 1.54) is 0 Å². The topological polar surface area (TPSA) is 75.3 Å². The highest BCUT2D eigenvalue weighted by Crippen LogP contribution is 2.36. The fourth-order valence-electron chi connectivity index (χ4n) is 3.14. The molecule has 26 heavy (non-hydrogen) atoms. The van der Waals surface area contributed by atoms with Crippen LogP contribution in [-0.4, -0.2) is 23.7 Å². The van der Waals surface area contributed by atoms with Crippen molar-refractivity contribution >= 4 is 5.91 Å². The summed E-state index contributed by atoms with van der Waals surface area (Å²) >= 11 is 0. The predicted octanol–water partition coefficient (Wildman–Crippen LogP) is 2.41. The smallest absolute Gasteiger partial charge is 0.240 e. The predicted molar refractivity (Wildman–Crippen MR) is 102 cm³/mol. The van der Waals surface area contributed by atoms with Crippen LogP contribution < -0.4 is 11.1 Å². The number of benzene rings is 3. The first-order chi connectivity index (χ1) is 12.7. The van der Waals surface area contributed by atoms with Crippen molar-refractivity contribution < 1.29 is 9.90 Å². The molecule has 0 radical (unpaired) electrons. The Morgan fingerprint density at radius 1 is 0.808 bits per heavy atom. The van der Waals surface area contributed by atoms with Crippen LogP contribution in [0.2, 0.25) is 0 Å². The number of hydrogen-bond acceptors (Lipinski definition) is 3. The lowest BCUT2D eigenvalue weighted by Crippen LogP contribution is -2.54. The summed E-state index contributed by atoms with van der Waals surface area (Å²) in [5.41, 5.74) is 7.63. The Morgan fingerprint density at radius 2 is 1.15 bits per heavy atom. The van der Waals surface area contributed by atoms with Gasteiger partial charge in [0.2, 0.25) is 5.91 Å². The van der Waals surface area contributed by atoms with E-state index < -0.39 is 24.1 Å². The molecular weight excluding hydrogens is 324 g/mol. The number of aliphatic hydroxyl groups is 1. The Kier molecular flexibility index (Phi) is 5.46. The first kappa shape index (κ1) is 17.9. The number of carbonyl (C=O) groups is 1. The van der Waals surface area contributed by atoms with Gasteiger partial charge in [-0.2, -0.15) is 0 Å². The standard InChI is InChI=1S/C22H22N2O2/c23-20(16-25)21(26)24-22(17-10-4-1-5-11-17,18-12-6-2-7-13-18)19-14-8-3-9-15-19/h1-15,20,25H,16,23H2,(H,24,26)/t20-/m1/s1. The van der Waals surface area contributed by atoms with Gasteiger partial charge in [-0.05, 0) is 16.7 Å². The minimum Gasteiger partial charge on any atom is -0.394 e. The maximum atomic E-state index is 12.7. The lowest BCUT2D eigenvalue weighted by atomic mass is 9.77. The number of hydrogen-bond donors (Lipinski definition) is 3. The summed E-state index contributed by atoms with van der Waals surface area (Å²) in [4.78, 5) is 12.7. The third-order valence-corrected chi connectivity index (χ3v) is 4.46. The molecular formula is C22H22N2O2. The van der Waals surface area contributed by atoms with E-state index in [1.807, 2.05) is 91.0 Å². The van der Waals surface area contributed by atoms with Crippen molar-refractivity contribution in [3.63, 3.8) is 0 Å². The van der Waals surface area contributed by atoms with Crippen LogP contribution >= 0.6 is 0 Å². The van der Waals surface area contributed by atoms with Crippen LogP contribution in [0, 0.1) is 0 Å². The van der Waals surface area contributed by atoms with E-state index >= 15 is 0 Å². The summed E-state index contributed by atoms with van der Waals surface area (Å²) in [5, 5.41) is 12.4. The Bertz CT molecular complexity index is 739. The zero-order chi connectivity index (χ0) is 18.4. The average Bonchev–Trinajstić information content (AvgIpc) is 2.73. The largest absolute Gasteiger partial charge is 0.394 e. The van der Waals surface area contributed by atoms with Gasteiger partial charge in [-0.25, -0.2) is 0 Å². The van der Waals surface area contributed by atoms with Crippen molar-refractivity contribution in [2.24, 2.45) is 5.73 Å². The molecule has 0 aliphatic carbocycles. The normalized spacial score (nSPS) is 12.4. The molecule has 1 amide bonds. The fraction of sp³-hybridized carbons (Fsp3) is 0.136. The highest BCUT2D eigenvalue weighted by atomic mass is 16.3. The van der Waals surface area contributed by atoms with Gasteiger partial charge >= 0.3 is 0 Å². The van der Waals surface area contributed by atoms with Crippen molar-refractivity contribution in [3.05, 3.63) is 108 Å². The van der Waals surface area contributed by atoms with Crippen molar-refractivity contribution in [3.8, 4) is 0 Å². The molecule has 3 aromatic carbocycles. The van der Waals surface area contributed by atoms with E-state index in [0.717, 1.165) is 16.7 Å². The molecule has 0 aliphatic rings. The summed E-state index contributed by atoms with van der Waals surface area (Å²) in [7, 11) is 0. The lowest BCUT2D eigenvalue weighted by Gasteiger charge is -2.37. The number of carbonyl (C=O) groups excluding carboxylic acids is 1. The Hall–Kier alpha value is -2.95. The van der Waals surface area contributed by atoms with Crippen molar-refractivity contribution in [2.75, 3.05) is 6.61 Å². The van der Waals surface area contributed by atoms with Gasteiger partial charge in [0.1, 0.15) is 11.6 Å². The Balaban J connectivity index is 2.26. The van der Waals surface area contributed by atoms with Crippen molar-refractivity contribution in [2.45, 2.75) is 11.6 Å². The van der Waals surface area contributed by atoms with Crippen LogP contribution in [0.15, 0.2) is 91.0 Å². The Morgan fingerprint density at radius 3 is 1.46 bits per heavy atom. The minimum absolute atomic E-state index is 0.413. The first-order valence-electron chi connectivity index (χ1n) is 8.53. The number of nitrogens with one attached hydrogen (secondary N) is 1. The second kappa shape index (κ2) is 7.95. The summed E-state index contributed by atoms with van der Waals surface area (Å²) < 4.78 is 0. The number of rotatable bonds is 6. The van der Waals surface area contributed by atoms with Gasteiger partial charge in [-0.15, -0.1) is 0 Å². The van der Waals surface area contributed by atoms with E-state index in [0.29, 0.717) is 0 Å². The van der Waals surface area contributed by atoms with Crippen LogP contribution in [0.5, 0.6) is 0 Å². The molecule has 0 spiro atoms. The molecule has 0 aliphatic heterocycles. The number of amides is 1. The molecule has 0 fully saturated rings. The van der Waals surface area contributed by atoms with Gasteiger partial charge in [-0.3, -0.25) is 4.79 Å². The van der Waals surface area contributed by atoms with Crippen molar-refractivity contribution in [1.29, 1.82) is 0 Å². The molecule has 0 bridgehead atoms.